The normalized spacial score (nSPS) is 11.8. The zero-order valence-corrected chi connectivity index (χ0v) is 25.3. The summed E-state index contributed by atoms with van der Waals surface area (Å²) in [6, 6.07) is 9.58. The molecule has 1 N–H and O–H groups in total. The van der Waals surface area contributed by atoms with Gasteiger partial charge >= 0.3 is 228 Å². The average molecular weight is 686 g/mol. The van der Waals surface area contributed by atoms with Crippen molar-refractivity contribution in [3.05, 3.63) is 88.4 Å². The number of aromatic nitrogens is 1. The van der Waals surface area contributed by atoms with Crippen molar-refractivity contribution in [2.75, 3.05) is 6.54 Å². The van der Waals surface area contributed by atoms with Crippen molar-refractivity contribution in [3.8, 4) is 11.3 Å². The molecule has 0 saturated carbocycles. The second-order valence-corrected chi connectivity index (χ2v) is 11.9. The number of hydrogen-bond donors (Lipinski definition) is 1. The first-order valence-corrected chi connectivity index (χ1v) is 14.2. The van der Waals surface area contributed by atoms with E-state index in [1.165, 1.54) is 0 Å². The van der Waals surface area contributed by atoms with Gasteiger partial charge in [0.25, 0.3) is 0 Å². The number of nitrogens with one attached hydrogen (secondary N) is 1. The first-order chi connectivity index (χ1) is 17.0. The molecule has 0 saturated heterocycles. The Hall–Kier alpha value is -2.49. The van der Waals surface area contributed by atoms with Gasteiger partial charge in [0.2, 0.25) is 0 Å². The average Bonchev–Trinajstić information content (AvgIpc) is 2.82. The van der Waals surface area contributed by atoms with Crippen LogP contribution in [0.3, 0.4) is 0 Å². The van der Waals surface area contributed by atoms with Crippen LogP contribution >= 0.6 is 0 Å². The number of rotatable bonds is 9. The summed E-state index contributed by atoms with van der Waals surface area (Å²) in [5, 5.41) is 3.41. The quantitative estimate of drug-likeness (QED) is 0.146. The van der Waals surface area contributed by atoms with Gasteiger partial charge in [-0.05, 0) is 0 Å². The summed E-state index contributed by atoms with van der Waals surface area (Å²) in [5.41, 5.74) is 7.81. The fraction of sp³-hybridized carbons (Fsp3) is 0.310. The molecular weight excluding hydrogens is 655 g/mol. The van der Waals surface area contributed by atoms with E-state index < -0.39 is 17.5 Å². The van der Waals surface area contributed by atoms with Crippen LogP contribution in [0.4, 0.5) is 18.9 Å². The molecule has 187 valence electrons. The van der Waals surface area contributed by atoms with E-state index in [1.807, 2.05) is 52.8 Å². The standard InChI is InChI=1S/C29H31F3N3.Pb/c1-7-8-23-18(4)14-22(35-29(23)24-15-26(31)27(32)16-25(24)30)11-12-33-20(6)21-9-10-28(19(5)13-21)34-17(2)3;/h9-11,13-16,33H,6-8,12H2,1-5H3;. The molecule has 3 radical (unpaired) electrons. The van der Waals surface area contributed by atoms with Crippen molar-refractivity contribution in [2.45, 2.75) is 50.9 Å². The van der Waals surface area contributed by atoms with E-state index in [9.17, 15) is 13.2 Å². The van der Waals surface area contributed by atoms with Crippen LogP contribution in [0.15, 0.2) is 48.0 Å². The van der Waals surface area contributed by atoms with Gasteiger partial charge in [-0.3, -0.25) is 0 Å². The molecule has 0 aliphatic rings. The molecule has 0 fully saturated rings. The van der Waals surface area contributed by atoms with E-state index in [1.54, 1.807) is 0 Å². The van der Waals surface area contributed by atoms with Crippen LogP contribution in [0.5, 0.6) is 0 Å². The molecule has 0 spiro atoms. The van der Waals surface area contributed by atoms with Gasteiger partial charge in [-0.2, -0.15) is 0 Å². The first-order valence-electron chi connectivity index (χ1n) is 11.9. The van der Waals surface area contributed by atoms with Gasteiger partial charge in [-0.25, -0.2) is 0 Å². The monoisotopic (exact) mass is 686 g/mol. The predicted octanol–water partition coefficient (Wildman–Crippen LogP) is 7.32. The second-order valence-electron chi connectivity index (χ2n) is 9.16. The molecule has 3 nitrogen and oxygen atoms in total. The maximum absolute atomic E-state index is 14.7. The van der Waals surface area contributed by atoms with E-state index in [2.05, 4.69) is 23.0 Å². The van der Waals surface area contributed by atoms with E-state index >= 15 is 0 Å². The molecule has 1 unspecified atom stereocenters. The minimum atomic E-state index is -1.20. The molecule has 1 heterocycles. The van der Waals surface area contributed by atoms with Crippen LogP contribution in [-0.2, 0) is 6.42 Å². The zero-order chi connectivity index (χ0) is 26.6. The summed E-state index contributed by atoms with van der Waals surface area (Å²) in [6.45, 7) is 14.7. The van der Waals surface area contributed by atoms with Crippen molar-refractivity contribution in [1.29, 1.82) is 0 Å². The molecule has 36 heavy (non-hydrogen) atoms. The first kappa shape index (κ1) is 28.1. The molecule has 2 aromatic carbocycles. The van der Waals surface area contributed by atoms with E-state index in [0.717, 1.165) is 83.3 Å². The van der Waals surface area contributed by atoms with E-state index in [-0.39, 0.29) is 9.04 Å². The number of aliphatic imine (C=N–C) groups is 1. The molecule has 0 bridgehead atoms. The molecular formula is C29H31F3N3Pb. The number of nitrogens with zero attached hydrogens (tertiary/aromatic N) is 2. The number of hydrogen-bond acceptors (Lipinski definition) is 3. The third-order valence-corrected chi connectivity index (χ3v) is 7.84. The van der Waals surface area contributed by atoms with Gasteiger partial charge in [0.1, 0.15) is 0 Å². The van der Waals surface area contributed by atoms with Crippen LogP contribution < -0.4 is 5.32 Å². The Morgan fingerprint density at radius 3 is 2.36 bits per heavy atom. The van der Waals surface area contributed by atoms with Crippen molar-refractivity contribution < 1.29 is 13.2 Å². The molecule has 3 aromatic rings. The van der Waals surface area contributed by atoms with E-state index in [4.69, 9.17) is 4.98 Å². The SMILES string of the molecule is C=C(NC[CH]([Pb])c1cc(C)c(CCC)c(-c2cc(F)c(F)cc2F)n1)c1ccc(N=C(C)C)c(C)c1. The van der Waals surface area contributed by atoms with Crippen LogP contribution in [-0.4, -0.2) is 43.0 Å². The molecule has 3 rings (SSSR count). The summed E-state index contributed by atoms with van der Waals surface area (Å²) < 4.78 is 42.4. The Bertz CT molecular complexity index is 1310. The summed E-state index contributed by atoms with van der Waals surface area (Å²) >= 11 is 0.782. The number of halogens is 3. The summed E-state index contributed by atoms with van der Waals surface area (Å²) in [5.74, 6) is -3.10. The fourth-order valence-corrected chi connectivity index (χ4v) is 5.01. The molecule has 1 atom stereocenters. The number of benzene rings is 2. The number of pyridine rings is 1. The maximum atomic E-state index is 14.7. The molecule has 7 heteroatoms. The summed E-state index contributed by atoms with van der Waals surface area (Å²) in [4.78, 5) is 9.32. The van der Waals surface area contributed by atoms with Crippen molar-refractivity contribution in [3.63, 3.8) is 0 Å². The summed E-state index contributed by atoms with van der Waals surface area (Å²) in [7, 11) is 0. The number of aryl methyl sites for hydroxylation is 2. The van der Waals surface area contributed by atoms with Gasteiger partial charge in [0.15, 0.2) is 0 Å². The third kappa shape index (κ3) is 6.63. The van der Waals surface area contributed by atoms with Gasteiger partial charge < -0.3 is 0 Å². The Morgan fingerprint density at radius 2 is 1.72 bits per heavy atom. The molecule has 0 amide bonds. The van der Waals surface area contributed by atoms with Gasteiger partial charge in [0, 0.05) is 0 Å². The minimum absolute atomic E-state index is 0.00549. The predicted molar refractivity (Wildman–Crippen MR) is 143 cm³/mol. The Balaban J connectivity index is 1.86. The third-order valence-electron chi connectivity index (χ3n) is 5.90. The van der Waals surface area contributed by atoms with Crippen molar-refractivity contribution in [1.82, 2.24) is 10.3 Å². The van der Waals surface area contributed by atoms with Gasteiger partial charge in [0.05, 0.1) is 0 Å². The molecule has 0 aliphatic carbocycles. The fourth-order valence-electron chi connectivity index (χ4n) is 4.04. The van der Waals surface area contributed by atoms with Gasteiger partial charge in [-0.1, -0.05) is 0 Å². The van der Waals surface area contributed by atoms with Crippen molar-refractivity contribution in [2.24, 2.45) is 4.99 Å². The summed E-state index contributed by atoms with van der Waals surface area (Å²) in [6.07, 6.45) is 1.50. The topological polar surface area (TPSA) is 37.3 Å². The van der Waals surface area contributed by atoms with Gasteiger partial charge in [-0.15, -0.1) is 0 Å². The van der Waals surface area contributed by atoms with Crippen LogP contribution in [0.2, 0.25) is 0 Å². The van der Waals surface area contributed by atoms with Crippen LogP contribution in [0.1, 0.15) is 58.6 Å². The molecule has 0 aliphatic heterocycles. The zero-order valence-electron chi connectivity index (χ0n) is 21.4. The van der Waals surface area contributed by atoms with Crippen LogP contribution in [0.25, 0.3) is 17.0 Å². The van der Waals surface area contributed by atoms with E-state index in [0.29, 0.717) is 24.7 Å². The van der Waals surface area contributed by atoms with Crippen LogP contribution in [0, 0.1) is 31.3 Å². The Morgan fingerprint density at radius 1 is 1.03 bits per heavy atom. The molecule has 1 aromatic heterocycles. The van der Waals surface area contributed by atoms with Crippen molar-refractivity contribution >= 4 is 42.9 Å². The Labute approximate surface area is 227 Å². The Kier molecular flexibility index (Phi) is 9.49. The second kappa shape index (κ2) is 12.2.